The van der Waals surface area contributed by atoms with Crippen molar-refractivity contribution >= 4 is 11.9 Å². The lowest BCUT2D eigenvalue weighted by Crippen LogP contribution is -2.40. The molecule has 0 N–H and O–H groups in total. The van der Waals surface area contributed by atoms with Crippen molar-refractivity contribution in [1.82, 2.24) is 0 Å². The van der Waals surface area contributed by atoms with Gasteiger partial charge in [-0.25, -0.2) is 9.59 Å². The highest BCUT2D eigenvalue weighted by Crippen LogP contribution is 2.46. The molecule has 0 saturated heterocycles. The minimum atomic E-state index is -4.65. The third-order valence-corrected chi connectivity index (χ3v) is 7.34. The number of rotatable bonds is 6. The summed E-state index contributed by atoms with van der Waals surface area (Å²) in [7, 11) is 0. The molecule has 0 heterocycles. The average Bonchev–Trinajstić information content (AvgIpc) is 2.91. The van der Waals surface area contributed by atoms with E-state index in [0.717, 1.165) is 29.2 Å². The van der Waals surface area contributed by atoms with Crippen molar-refractivity contribution in [3.8, 4) is 11.5 Å². The lowest BCUT2D eigenvalue weighted by molar-refractivity contribution is -0.173. The molecule has 0 amide bonds. The van der Waals surface area contributed by atoms with Gasteiger partial charge in [0.05, 0.1) is 11.1 Å². The van der Waals surface area contributed by atoms with Gasteiger partial charge in [-0.1, -0.05) is 36.4 Å². The van der Waals surface area contributed by atoms with Crippen LogP contribution >= 0.6 is 0 Å². The zero-order valence-electron chi connectivity index (χ0n) is 22.8. The first-order valence-electron chi connectivity index (χ1n) is 12.7. The van der Waals surface area contributed by atoms with Crippen LogP contribution in [0.3, 0.4) is 0 Å². The van der Waals surface area contributed by atoms with Crippen LogP contribution in [-0.2, 0) is 5.41 Å². The fourth-order valence-electron chi connectivity index (χ4n) is 4.28. The highest BCUT2D eigenvalue weighted by atomic mass is 19.4. The summed E-state index contributed by atoms with van der Waals surface area (Å²) in [6.07, 6.45) is -4.65. The number of alkyl halides is 3. The first-order chi connectivity index (χ1) is 18.8. The Hall–Kier alpha value is -4.39. The van der Waals surface area contributed by atoms with E-state index in [1.54, 1.807) is 36.4 Å². The molecule has 40 heavy (non-hydrogen) atoms. The molecule has 0 unspecified atom stereocenters. The molecule has 4 nitrogen and oxygen atoms in total. The van der Waals surface area contributed by atoms with E-state index in [-0.39, 0.29) is 22.6 Å². The molecule has 0 aliphatic carbocycles. The quantitative estimate of drug-likeness (QED) is 0.181. The van der Waals surface area contributed by atoms with Gasteiger partial charge >= 0.3 is 18.1 Å². The van der Waals surface area contributed by atoms with Crippen molar-refractivity contribution in [1.29, 1.82) is 0 Å². The van der Waals surface area contributed by atoms with Gasteiger partial charge in [0.25, 0.3) is 0 Å². The minimum absolute atomic E-state index is 0.0362. The van der Waals surface area contributed by atoms with Gasteiger partial charge in [0.15, 0.2) is 0 Å². The maximum atomic E-state index is 14.5. The third-order valence-electron chi connectivity index (χ3n) is 7.34. The largest absolute Gasteiger partial charge is 0.423 e. The number of benzene rings is 4. The summed E-state index contributed by atoms with van der Waals surface area (Å²) in [5.74, 6) is -0.934. The normalized spacial score (nSPS) is 11.7. The second-order valence-corrected chi connectivity index (χ2v) is 10.0. The molecule has 4 aromatic carbocycles. The third kappa shape index (κ3) is 5.78. The molecule has 4 rings (SSSR count). The first kappa shape index (κ1) is 28.6. The molecule has 206 valence electrons. The van der Waals surface area contributed by atoms with Gasteiger partial charge < -0.3 is 9.47 Å². The Bertz CT molecular complexity index is 1440. The van der Waals surface area contributed by atoms with Crippen LogP contribution in [0.1, 0.15) is 61.0 Å². The van der Waals surface area contributed by atoms with Crippen LogP contribution in [0.25, 0.3) is 0 Å². The minimum Gasteiger partial charge on any atom is -0.423 e. The first-order valence-corrected chi connectivity index (χ1v) is 12.7. The highest BCUT2D eigenvalue weighted by Gasteiger charge is 2.53. The summed E-state index contributed by atoms with van der Waals surface area (Å²) in [4.78, 5) is 25.1. The molecule has 4 aromatic rings. The van der Waals surface area contributed by atoms with E-state index in [9.17, 15) is 22.8 Å². The lowest BCUT2D eigenvalue weighted by atomic mass is 9.75. The molecule has 0 atom stereocenters. The van der Waals surface area contributed by atoms with Crippen LogP contribution < -0.4 is 9.47 Å². The monoisotopic (exact) mass is 546 g/mol. The van der Waals surface area contributed by atoms with Crippen molar-refractivity contribution in [2.45, 2.75) is 46.2 Å². The van der Waals surface area contributed by atoms with Crippen molar-refractivity contribution in [3.05, 3.63) is 129 Å². The van der Waals surface area contributed by atoms with Gasteiger partial charge in [0.2, 0.25) is 0 Å². The number of hydrogen-bond acceptors (Lipinski definition) is 4. The van der Waals surface area contributed by atoms with Crippen LogP contribution in [0, 0.1) is 27.7 Å². The van der Waals surface area contributed by atoms with Crippen LogP contribution in [0.15, 0.2) is 84.9 Å². The number of ether oxygens (including phenoxy) is 2. The van der Waals surface area contributed by atoms with Crippen LogP contribution in [0.5, 0.6) is 11.5 Å². The van der Waals surface area contributed by atoms with Gasteiger partial charge in [-0.3, -0.25) is 0 Å². The molecular formula is C33H29F3O4. The number of carbonyl (C=O) groups excluding carboxylic acids is 2. The molecular weight excluding hydrogens is 517 g/mol. The molecule has 0 saturated carbocycles. The molecule has 0 aliphatic rings. The number of esters is 2. The summed E-state index contributed by atoms with van der Waals surface area (Å²) in [5.41, 5.74) is 2.17. The van der Waals surface area contributed by atoms with Gasteiger partial charge in [-0.2, -0.15) is 13.2 Å². The van der Waals surface area contributed by atoms with Crippen molar-refractivity contribution in [2.24, 2.45) is 0 Å². The molecule has 0 fully saturated rings. The predicted octanol–water partition coefficient (Wildman–Crippen LogP) is 8.23. The van der Waals surface area contributed by atoms with Gasteiger partial charge in [0, 0.05) is 0 Å². The Morgan fingerprint density at radius 1 is 0.550 bits per heavy atom. The number of carbonyl (C=O) groups is 2. The predicted molar refractivity (Wildman–Crippen MR) is 147 cm³/mol. The fourth-order valence-corrected chi connectivity index (χ4v) is 4.28. The number of aryl methyl sites for hydroxylation is 4. The number of hydrogen-bond donors (Lipinski definition) is 0. The van der Waals surface area contributed by atoms with E-state index in [4.69, 9.17) is 9.47 Å². The standard InChI is InChI=1S/C33H29F3O4/c1-20-6-8-24(18-22(20)3)30(37)39-28-14-10-26(11-15-28)32(5,33(34,35)36)27-12-16-29(17-13-27)40-31(38)25-9-7-21(2)23(4)19-25/h6-19H,1-5H3. The summed E-state index contributed by atoms with van der Waals surface area (Å²) in [6.45, 7) is 8.68. The van der Waals surface area contributed by atoms with Crippen molar-refractivity contribution in [2.75, 3.05) is 0 Å². The van der Waals surface area contributed by atoms with E-state index in [2.05, 4.69) is 0 Å². The lowest BCUT2D eigenvalue weighted by Gasteiger charge is -2.33. The van der Waals surface area contributed by atoms with Crippen LogP contribution in [-0.4, -0.2) is 18.1 Å². The summed E-state index contributed by atoms with van der Waals surface area (Å²) >= 11 is 0. The topological polar surface area (TPSA) is 52.6 Å². The van der Waals surface area contributed by atoms with E-state index >= 15 is 0 Å². The van der Waals surface area contributed by atoms with E-state index in [0.29, 0.717) is 11.1 Å². The Balaban J connectivity index is 1.54. The van der Waals surface area contributed by atoms with Gasteiger partial charge in [-0.15, -0.1) is 0 Å². The summed E-state index contributed by atoms with van der Waals surface area (Å²) in [5, 5.41) is 0. The molecule has 0 radical (unpaired) electrons. The smallest absolute Gasteiger partial charge is 0.402 e. The van der Waals surface area contributed by atoms with Gasteiger partial charge in [-0.05, 0) is 117 Å². The molecule has 7 heteroatoms. The maximum Gasteiger partial charge on any atom is 0.402 e. The number of halogens is 3. The van der Waals surface area contributed by atoms with Gasteiger partial charge in [0.1, 0.15) is 16.9 Å². The van der Waals surface area contributed by atoms with E-state index in [1.807, 2.05) is 27.7 Å². The summed E-state index contributed by atoms with van der Waals surface area (Å²) < 4.78 is 54.3. The Morgan fingerprint density at radius 2 is 0.900 bits per heavy atom. The Kier molecular flexibility index (Phi) is 7.87. The van der Waals surface area contributed by atoms with Crippen molar-refractivity contribution in [3.63, 3.8) is 0 Å². The second-order valence-electron chi connectivity index (χ2n) is 10.0. The Morgan fingerprint density at radius 3 is 1.20 bits per heavy atom. The molecule has 0 aliphatic heterocycles. The maximum absolute atomic E-state index is 14.5. The van der Waals surface area contributed by atoms with Crippen molar-refractivity contribution < 1.29 is 32.2 Å². The van der Waals surface area contributed by atoms with Crippen LogP contribution in [0.2, 0.25) is 0 Å². The Labute approximate surface area is 231 Å². The molecule has 0 aromatic heterocycles. The second kappa shape index (κ2) is 11.0. The zero-order valence-corrected chi connectivity index (χ0v) is 22.8. The molecule has 0 spiro atoms. The summed E-state index contributed by atoms with van der Waals surface area (Å²) in [6, 6.07) is 20.9. The van der Waals surface area contributed by atoms with E-state index in [1.165, 1.54) is 48.5 Å². The average molecular weight is 547 g/mol. The van der Waals surface area contributed by atoms with Crippen LogP contribution in [0.4, 0.5) is 13.2 Å². The fraction of sp³-hybridized carbons (Fsp3) is 0.212. The molecule has 0 bridgehead atoms. The SMILES string of the molecule is Cc1ccc(C(=O)Oc2ccc(C(C)(c3ccc(OC(=O)c4ccc(C)c(C)c4)cc3)C(F)(F)F)cc2)cc1C. The highest BCUT2D eigenvalue weighted by molar-refractivity contribution is 5.92. The zero-order chi connectivity index (χ0) is 29.2. The van der Waals surface area contributed by atoms with E-state index < -0.39 is 23.5 Å².